The smallest absolute Gasteiger partial charge is 0.337 e. The first-order valence-corrected chi connectivity index (χ1v) is 9.88. The van der Waals surface area contributed by atoms with Gasteiger partial charge in [-0.15, -0.1) is 0 Å². The monoisotopic (exact) mass is 427 g/mol. The predicted molar refractivity (Wildman–Crippen MR) is 124 cm³/mol. The van der Waals surface area contributed by atoms with Crippen molar-refractivity contribution in [3.63, 3.8) is 0 Å². The van der Waals surface area contributed by atoms with E-state index >= 15 is 0 Å². The number of nitrogens with zero attached hydrogens (tertiary/aromatic N) is 1. The summed E-state index contributed by atoms with van der Waals surface area (Å²) < 4.78 is 10.2. The molecule has 0 bridgehead atoms. The Morgan fingerprint density at radius 2 is 1.50 bits per heavy atom. The molecule has 0 aliphatic carbocycles. The summed E-state index contributed by atoms with van der Waals surface area (Å²) in [5, 5.41) is 6.32. The molecule has 2 amide bonds. The van der Waals surface area contributed by atoms with Gasteiger partial charge in [-0.2, -0.15) is 0 Å². The van der Waals surface area contributed by atoms with E-state index in [2.05, 4.69) is 15.4 Å². The summed E-state index contributed by atoms with van der Waals surface area (Å²) in [5.74, 6) is 0.228. The van der Waals surface area contributed by atoms with Crippen LogP contribution in [0, 0.1) is 0 Å². The fraction of sp³-hybridized carbons (Fsp3) is 0.0800. The van der Waals surface area contributed by atoms with Crippen molar-refractivity contribution in [3.05, 3.63) is 84.4 Å². The molecule has 0 aliphatic heterocycles. The standard InChI is InChI=1S/C25H21N3O4/c1-31-23-15-22(16-6-4-3-5-7-16)28-21-13-12-19(14-20(21)23)27-25(30)26-18-10-8-17(9-11-18)24(29)32-2/h3-15H,1-2H3,(H2,26,27,30). The van der Waals surface area contributed by atoms with Crippen molar-refractivity contribution in [2.45, 2.75) is 0 Å². The second kappa shape index (κ2) is 9.18. The number of pyridine rings is 1. The number of fused-ring (bicyclic) bond motifs is 1. The fourth-order valence-electron chi connectivity index (χ4n) is 3.30. The van der Waals surface area contributed by atoms with Gasteiger partial charge in [-0.25, -0.2) is 14.6 Å². The average molecular weight is 427 g/mol. The highest BCUT2D eigenvalue weighted by Gasteiger charge is 2.11. The maximum atomic E-state index is 12.4. The molecule has 7 nitrogen and oxygen atoms in total. The van der Waals surface area contributed by atoms with Crippen LogP contribution in [0.25, 0.3) is 22.2 Å². The maximum absolute atomic E-state index is 12.4. The zero-order chi connectivity index (χ0) is 22.5. The quantitative estimate of drug-likeness (QED) is 0.420. The molecule has 4 aromatic rings. The third-order valence-corrected chi connectivity index (χ3v) is 4.88. The van der Waals surface area contributed by atoms with E-state index in [4.69, 9.17) is 9.72 Å². The van der Waals surface area contributed by atoms with Crippen molar-refractivity contribution in [2.24, 2.45) is 0 Å². The third kappa shape index (κ3) is 4.52. The highest BCUT2D eigenvalue weighted by atomic mass is 16.5. The number of hydrogen-bond acceptors (Lipinski definition) is 5. The molecule has 32 heavy (non-hydrogen) atoms. The van der Waals surface area contributed by atoms with Crippen LogP contribution in [0.2, 0.25) is 0 Å². The Morgan fingerprint density at radius 3 is 2.19 bits per heavy atom. The summed E-state index contributed by atoms with van der Waals surface area (Å²) in [4.78, 5) is 28.7. The van der Waals surface area contributed by atoms with Gasteiger partial charge in [0.1, 0.15) is 5.75 Å². The lowest BCUT2D eigenvalue weighted by atomic mass is 10.1. The molecule has 2 N–H and O–H groups in total. The normalized spacial score (nSPS) is 10.4. The van der Waals surface area contributed by atoms with Crippen LogP contribution < -0.4 is 15.4 Å². The maximum Gasteiger partial charge on any atom is 0.337 e. The largest absolute Gasteiger partial charge is 0.496 e. The molecule has 3 aromatic carbocycles. The minimum Gasteiger partial charge on any atom is -0.496 e. The Hall–Kier alpha value is -4.39. The molecule has 4 rings (SSSR count). The molecule has 160 valence electrons. The van der Waals surface area contributed by atoms with E-state index in [-0.39, 0.29) is 0 Å². The van der Waals surface area contributed by atoms with Gasteiger partial charge in [0, 0.05) is 28.4 Å². The van der Waals surface area contributed by atoms with E-state index in [1.165, 1.54) is 7.11 Å². The lowest BCUT2D eigenvalue weighted by Crippen LogP contribution is -2.19. The molecule has 7 heteroatoms. The van der Waals surface area contributed by atoms with Gasteiger partial charge in [0.2, 0.25) is 0 Å². The van der Waals surface area contributed by atoms with Gasteiger partial charge in [-0.3, -0.25) is 0 Å². The number of aromatic nitrogens is 1. The van der Waals surface area contributed by atoms with Gasteiger partial charge in [-0.1, -0.05) is 30.3 Å². The molecule has 1 aromatic heterocycles. The van der Waals surface area contributed by atoms with Crippen LogP contribution >= 0.6 is 0 Å². The summed E-state index contributed by atoms with van der Waals surface area (Å²) in [6.07, 6.45) is 0. The van der Waals surface area contributed by atoms with Crippen molar-refractivity contribution in [2.75, 3.05) is 24.9 Å². The first-order chi connectivity index (χ1) is 15.6. The Bertz CT molecular complexity index is 1270. The van der Waals surface area contributed by atoms with Gasteiger partial charge in [0.05, 0.1) is 31.0 Å². The average Bonchev–Trinajstić information content (AvgIpc) is 2.83. The fourth-order valence-corrected chi connectivity index (χ4v) is 3.30. The van der Waals surface area contributed by atoms with E-state index in [0.717, 1.165) is 22.2 Å². The van der Waals surface area contributed by atoms with Gasteiger partial charge in [0.15, 0.2) is 0 Å². The predicted octanol–water partition coefficient (Wildman–Crippen LogP) is 5.34. The van der Waals surface area contributed by atoms with E-state index in [9.17, 15) is 9.59 Å². The minimum atomic E-state index is -0.435. The number of methoxy groups -OCH3 is 2. The Kier molecular flexibility index (Phi) is 5.98. The van der Waals surface area contributed by atoms with Crippen molar-refractivity contribution >= 4 is 34.3 Å². The van der Waals surface area contributed by atoms with Crippen molar-refractivity contribution in [1.82, 2.24) is 4.98 Å². The Morgan fingerprint density at radius 1 is 0.812 bits per heavy atom. The number of urea groups is 1. The molecule has 0 fully saturated rings. The lowest BCUT2D eigenvalue weighted by Gasteiger charge is -2.12. The van der Waals surface area contributed by atoms with Gasteiger partial charge < -0.3 is 20.1 Å². The second-order valence-corrected chi connectivity index (χ2v) is 6.96. The number of ether oxygens (including phenoxy) is 2. The van der Waals surface area contributed by atoms with Crippen LogP contribution in [0.1, 0.15) is 10.4 Å². The number of carbonyl (C=O) groups excluding carboxylic acids is 2. The number of amides is 2. The van der Waals surface area contributed by atoms with Gasteiger partial charge >= 0.3 is 12.0 Å². The highest BCUT2D eigenvalue weighted by Crippen LogP contribution is 2.31. The number of benzene rings is 3. The minimum absolute atomic E-state index is 0.405. The molecule has 0 radical (unpaired) electrons. The second-order valence-electron chi connectivity index (χ2n) is 6.96. The number of carbonyl (C=O) groups is 2. The topological polar surface area (TPSA) is 89.5 Å². The molecule has 1 heterocycles. The molecule has 0 saturated carbocycles. The SMILES string of the molecule is COC(=O)c1ccc(NC(=O)Nc2ccc3nc(-c4ccccc4)cc(OC)c3c2)cc1. The molecular formula is C25H21N3O4. The van der Waals surface area contributed by atoms with Crippen LogP contribution in [0.15, 0.2) is 78.9 Å². The van der Waals surface area contributed by atoms with Crippen molar-refractivity contribution in [3.8, 4) is 17.0 Å². The Labute approximate surface area is 185 Å². The lowest BCUT2D eigenvalue weighted by molar-refractivity contribution is 0.0600. The van der Waals surface area contributed by atoms with Crippen LogP contribution in [0.5, 0.6) is 5.75 Å². The summed E-state index contributed by atoms with van der Waals surface area (Å²) in [6.45, 7) is 0. The van der Waals surface area contributed by atoms with Crippen LogP contribution in [-0.2, 0) is 4.74 Å². The summed E-state index contributed by atoms with van der Waals surface area (Å²) >= 11 is 0. The third-order valence-electron chi connectivity index (χ3n) is 4.88. The zero-order valence-electron chi connectivity index (χ0n) is 17.6. The Balaban J connectivity index is 1.53. The molecule has 0 saturated heterocycles. The van der Waals surface area contributed by atoms with Gasteiger partial charge in [0.25, 0.3) is 0 Å². The first-order valence-electron chi connectivity index (χ1n) is 9.88. The molecular weight excluding hydrogens is 406 g/mol. The van der Waals surface area contributed by atoms with Gasteiger partial charge in [-0.05, 0) is 42.5 Å². The molecule has 0 unspecified atom stereocenters. The van der Waals surface area contributed by atoms with Crippen molar-refractivity contribution < 1.29 is 19.1 Å². The zero-order valence-corrected chi connectivity index (χ0v) is 17.6. The summed E-state index contributed by atoms with van der Waals surface area (Å²) in [5.41, 5.74) is 4.10. The summed E-state index contributed by atoms with van der Waals surface area (Å²) in [6, 6.07) is 23.2. The molecule has 0 atom stereocenters. The van der Waals surface area contributed by atoms with E-state index in [0.29, 0.717) is 22.7 Å². The number of rotatable bonds is 5. The highest BCUT2D eigenvalue weighted by molar-refractivity contribution is 6.02. The molecule has 0 spiro atoms. The van der Waals surface area contributed by atoms with E-state index in [1.807, 2.05) is 48.5 Å². The number of esters is 1. The van der Waals surface area contributed by atoms with Crippen LogP contribution in [0.3, 0.4) is 0 Å². The first kappa shape index (κ1) is 20.9. The van der Waals surface area contributed by atoms with E-state index in [1.54, 1.807) is 37.4 Å². The summed E-state index contributed by atoms with van der Waals surface area (Å²) in [7, 11) is 2.92. The number of anilines is 2. The van der Waals surface area contributed by atoms with Crippen LogP contribution in [-0.4, -0.2) is 31.2 Å². The number of nitrogens with one attached hydrogen (secondary N) is 2. The van der Waals surface area contributed by atoms with E-state index < -0.39 is 12.0 Å². The van der Waals surface area contributed by atoms with Crippen LogP contribution in [0.4, 0.5) is 16.2 Å². The number of hydrogen-bond donors (Lipinski definition) is 2. The van der Waals surface area contributed by atoms with Crippen molar-refractivity contribution in [1.29, 1.82) is 0 Å². The molecule has 0 aliphatic rings.